The van der Waals surface area contributed by atoms with Crippen LogP contribution in [-0.2, 0) is 11.3 Å². The summed E-state index contributed by atoms with van der Waals surface area (Å²) in [6.45, 7) is 7.76. The van der Waals surface area contributed by atoms with E-state index >= 15 is 0 Å². The maximum atomic E-state index is 12.9. The Labute approximate surface area is 176 Å². The zero-order valence-electron chi connectivity index (χ0n) is 17.1. The van der Waals surface area contributed by atoms with Gasteiger partial charge in [0.2, 0.25) is 6.79 Å². The molecule has 0 aromatic heterocycles. The first-order valence-corrected chi connectivity index (χ1v) is 10.6. The summed E-state index contributed by atoms with van der Waals surface area (Å²) in [7, 11) is 0. The minimum atomic E-state index is 0.109. The molecule has 0 N–H and O–H groups in total. The van der Waals surface area contributed by atoms with Gasteiger partial charge >= 0.3 is 0 Å². The molecule has 3 aliphatic rings. The highest BCUT2D eigenvalue weighted by molar-refractivity contribution is 5.94. The quantitative estimate of drug-likeness (QED) is 0.772. The van der Waals surface area contributed by atoms with E-state index in [2.05, 4.69) is 28.0 Å². The molecular weight excluding hydrogens is 382 g/mol. The molecule has 2 fully saturated rings. The number of nitrogens with zero attached hydrogens (tertiary/aromatic N) is 3. The summed E-state index contributed by atoms with van der Waals surface area (Å²) in [6.07, 6.45) is 0. The van der Waals surface area contributed by atoms with Crippen LogP contribution in [0, 0.1) is 0 Å². The Morgan fingerprint density at radius 3 is 2.33 bits per heavy atom. The maximum Gasteiger partial charge on any atom is 0.253 e. The molecule has 3 heterocycles. The van der Waals surface area contributed by atoms with Crippen molar-refractivity contribution in [3.63, 3.8) is 0 Å². The highest BCUT2D eigenvalue weighted by atomic mass is 16.7. The van der Waals surface area contributed by atoms with Crippen LogP contribution in [0.15, 0.2) is 42.5 Å². The highest BCUT2D eigenvalue weighted by Crippen LogP contribution is 2.35. The van der Waals surface area contributed by atoms with Gasteiger partial charge in [-0.3, -0.25) is 9.69 Å². The van der Waals surface area contributed by atoms with E-state index in [0.717, 1.165) is 68.7 Å². The van der Waals surface area contributed by atoms with E-state index in [9.17, 15) is 4.79 Å². The Hall–Kier alpha value is -2.77. The lowest BCUT2D eigenvalue weighted by molar-refractivity contribution is 0.0342. The van der Waals surface area contributed by atoms with Crippen molar-refractivity contribution < 1.29 is 19.0 Å². The van der Waals surface area contributed by atoms with E-state index in [4.69, 9.17) is 14.2 Å². The van der Waals surface area contributed by atoms with E-state index in [1.54, 1.807) is 0 Å². The predicted molar refractivity (Wildman–Crippen MR) is 113 cm³/mol. The fourth-order valence-electron chi connectivity index (χ4n) is 4.20. The predicted octanol–water partition coefficient (Wildman–Crippen LogP) is 2.21. The van der Waals surface area contributed by atoms with Crippen molar-refractivity contribution in [2.24, 2.45) is 0 Å². The zero-order chi connectivity index (χ0) is 20.3. The summed E-state index contributed by atoms with van der Waals surface area (Å²) < 4.78 is 16.3. The Bertz CT molecular complexity index is 888. The number of benzene rings is 2. The average molecular weight is 409 g/mol. The summed E-state index contributed by atoms with van der Waals surface area (Å²) in [6, 6.07) is 14.1. The van der Waals surface area contributed by atoms with Crippen molar-refractivity contribution in [3.8, 4) is 11.5 Å². The molecule has 0 aliphatic carbocycles. The van der Waals surface area contributed by atoms with Crippen molar-refractivity contribution in [1.82, 2.24) is 9.80 Å². The number of hydrogen-bond donors (Lipinski definition) is 0. The molecular formula is C23H27N3O4. The van der Waals surface area contributed by atoms with Crippen molar-refractivity contribution in [2.45, 2.75) is 6.54 Å². The number of morpholine rings is 1. The van der Waals surface area contributed by atoms with Crippen LogP contribution in [0.3, 0.4) is 0 Å². The molecule has 0 radical (unpaired) electrons. The molecule has 0 atom stereocenters. The summed E-state index contributed by atoms with van der Waals surface area (Å²) >= 11 is 0. The molecule has 0 spiro atoms. The highest BCUT2D eigenvalue weighted by Gasteiger charge is 2.24. The molecule has 0 bridgehead atoms. The van der Waals surface area contributed by atoms with Gasteiger partial charge in [-0.25, -0.2) is 0 Å². The normalized spacial score (nSPS) is 19.2. The number of carbonyl (C=O) groups is 1. The molecule has 3 aliphatic heterocycles. The second-order valence-electron chi connectivity index (χ2n) is 7.90. The minimum Gasteiger partial charge on any atom is -0.454 e. The Balaban J connectivity index is 1.16. The van der Waals surface area contributed by atoms with Gasteiger partial charge in [-0.05, 0) is 29.8 Å². The fourth-order valence-corrected chi connectivity index (χ4v) is 4.20. The largest absolute Gasteiger partial charge is 0.454 e. The number of hydrogen-bond acceptors (Lipinski definition) is 6. The topological polar surface area (TPSA) is 54.5 Å². The lowest BCUT2D eigenvalue weighted by Gasteiger charge is -2.36. The number of piperazine rings is 1. The first kappa shape index (κ1) is 19.2. The van der Waals surface area contributed by atoms with Gasteiger partial charge in [-0.2, -0.15) is 0 Å². The Morgan fingerprint density at radius 2 is 1.57 bits per heavy atom. The van der Waals surface area contributed by atoms with Crippen LogP contribution in [0.4, 0.5) is 5.69 Å². The number of rotatable bonds is 4. The third-order valence-electron chi connectivity index (χ3n) is 6.00. The summed E-state index contributed by atoms with van der Waals surface area (Å²) in [5.74, 6) is 1.70. The van der Waals surface area contributed by atoms with Crippen LogP contribution in [0.25, 0.3) is 0 Å². The third-order valence-corrected chi connectivity index (χ3v) is 6.00. The number of ether oxygens (including phenoxy) is 3. The molecule has 2 saturated heterocycles. The van der Waals surface area contributed by atoms with Crippen molar-refractivity contribution >= 4 is 11.6 Å². The third kappa shape index (κ3) is 4.08. The first-order valence-electron chi connectivity index (χ1n) is 10.6. The molecule has 158 valence electrons. The molecule has 2 aromatic carbocycles. The number of carbonyl (C=O) groups excluding carboxylic acids is 1. The molecule has 5 rings (SSSR count). The van der Waals surface area contributed by atoms with E-state index in [1.807, 2.05) is 29.2 Å². The Morgan fingerprint density at radius 1 is 0.833 bits per heavy atom. The minimum absolute atomic E-state index is 0.109. The van der Waals surface area contributed by atoms with E-state index in [0.29, 0.717) is 13.1 Å². The molecule has 7 nitrogen and oxygen atoms in total. The van der Waals surface area contributed by atoms with Crippen LogP contribution < -0.4 is 14.4 Å². The van der Waals surface area contributed by atoms with Crippen LogP contribution in [0.1, 0.15) is 15.9 Å². The molecule has 0 unspecified atom stereocenters. The fraction of sp³-hybridized carbons (Fsp3) is 0.435. The van der Waals surface area contributed by atoms with Gasteiger partial charge in [0.25, 0.3) is 5.91 Å². The van der Waals surface area contributed by atoms with Crippen LogP contribution >= 0.6 is 0 Å². The number of amides is 1. The van der Waals surface area contributed by atoms with E-state index in [-0.39, 0.29) is 12.7 Å². The first-order chi connectivity index (χ1) is 14.8. The second kappa shape index (κ2) is 8.53. The van der Waals surface area contributed by atoms with Crippen molar-refractivity contribution in [2.75, 3.05) is 64.2 Å². The zero-order valence-corrected chi connectivity index (χ0v) is 17.1. The maximum absolute atomic E-state index is 12.9. The van der Waals surface area contributed by atoms with Gasteiger partial charge in [0.15, 0.2) is 11.5 Å². The monoisotopic (exact) mass is 409 g/mol. The average Bonchev–Trinajstić information content (AvgIpc) is 3.28. The van der Waals surface area contributed by atoms with Crippen molar-refractivity contribution in [1.29, 1.82) is 0 Å². The van der Waals surface area contributed by atoms with Gasteiger partial charge < -0.3 is 24.0 Å². The SMILES string of the molecule is O=C(c1ccc(CN2CCOCC2)cc1)N1CCN(c2ccc3c(c2)OCO3)CC1. The molecule has 0 saturated carbocycles. The second-order valence-corrected chi connectivity index (χ2v) is 7.90. The lowest BCUT2D eigenvalue weighted by atomic mass is 10.1. The summed E-state index contributed by atoms with van der Waals surface area (Å²) in [4.78, 5) is 19.6. The van der Waals surface area contributed by atoms with Crippen LogP contribution in [0.2, 0.25) is 0 Å². The van der Waals surface area contributed by atoms with Crippen LogP contribution in [-0.4, -0.2) is 75.0 Å². The smallest absolute Gasteiger partial charge is 0.253 e. The van der Waals surface area contributed by atoms with Crippen molar-refractivity contribution in [3.05, 3.63) is 53.6 Å². The standard InChI is InChI=1S/C23H27N3O4/c27-23(19-3-1-18(2-4-19)16-24-11-13-28-14-12-24)26-9-7-25(8-10-26)20-5-6-21-22(15-20)30-17-29-21/h1-6,15H,7-14,16-17H2. The number of anilines is 1. The van der Waals surface area contributed by atoms with Gasteiger partial charge in [-0.15, -0.1) is 0 Å². The lowest BCUT2D eigenvalue weighted by Crippen LogP contribution is -2.48. The Kier molecular flexibility index (Phi) is 5.46. The molecule has 30 heavy (non-hydrogen) atoms. The van der Waals surface area contributed by atoms with E-state index < -0.39 is 0 Å². The van der Waals surface area contributed by atoms with Gasteiger partial charge in [0.05, 0.1) is 13.2 Å². The van der Waals surface area contributed by atoms with Gasteiger partial charge in [0, 0.05) is 63.1 Å². The van der Waals surface area contributed by atoms with E-state index in [1.165, 1.54) is 5.56 Å². The summed E-state index contributed by atoms with van der Waals surface area (Å²) in [5.41, 5.74) is 3.11. The molecule has 1 amide bonds. The molecule has 2 aromatic rings. The van der Waals surface area contributed by atoms with Gasteiger partial charge in [-0.1, -0.05) is 12.1 Å². The number of fused-ring (bicyclic) bond motifs is 1. The summed E-state index contributed by atoms with van der Waals surface area (Å²) in [5, 5.41) is 0. The molecule has 7 heteroatoms. The van der Waals surface area contributed by atoms with Gasteiger partial charge in [0.1, 0.15) is 0 Å². The van der Waals surface area contributed by atoms with Crippen LogP contribution in [0.5, 0.6) is 11.5 Å².